The van der Waals surface area contributed by atoms with Gasteiger partial charge in [-0.2, -0.15) is 0 Å². The summed E-state index contributed by atoms with van der Waals surface area (Å²) in [5.41, 5.74) is 0.940. The molecule has 2 rings (SSSR count). The van der Waals surface area contributed by atoms with Gasteiger partial charge in [0, 0.05) is 6.04 Å². The Hall–Kier alpha value is -2.04. The van der Waals surface area contributed by atoms with Crippen molar-refractivity contribution in [3.63, 3.8) is 0 Å². The van der Waals surface area contributed by atoms with Crippen molar-refractivity contribution in [3.8, 4) is 0 Å². The number of hydrogen-bond donors (Lipinski definition) is 2. The second-order valence-corrected chi connectivity index (χ2v) is 5.64. The van der Waals surface area contributed by atoms with Crippen LogP contribution in [0.15, 0.2) is 30.3 Å². The summed E-state index contributed by atoms with van der Waals surface area (Å²) in [7, 11) is 0. The van der Waals surface area contributed by atoms with E-state index in [-0.39, 0.29) is 24.5 Å². The molecule has 0 saturated heterocycles. The number of carboxylic acid groups (broad SMARTS) is 1. The van der Waals surface area contributed by atoms with Crippen molar-refractivity contribution in [1.29, 1.82) is 0 Å². The molecule has 5 nitrogen and oxygen atoms in total. The second kappa shape index (κ2) is 7.11. The number of carboxylic acids is 1. The summed E-state index contributed by atoms with van der Waals surface area (Å²) >= 11 is 0. The van der Waals surface area contributed by atoms with Crippen molar-refractivity contribution in [3.05, 3.63) is 35.9 Å². The van der Waals surface area contributed by atoms with Gasteiger partial charge in [-0.25, -0.2) is 4.79 Å². The summed E-state index contributed by atoms with van der Waals surface area (Å²) < 4.78 is 5.19. The first-order valence-corrected chi connectivity index (χ1v) is 7.26. The van der Waals surface area contributed by atoms with Crippen LogP contribution in [-0.4, -0.2) is 23.2 Å². The molecule has 0 unspecified atom stereocenters. The summed E-state index contributed by atoms with van der Waals surface area (Å²) in [6.07, 6.45) is 1.44. The summed E-state index contributed by atoms with van der Waals surface area (Å²) in [5, 5.41) is 11.9. The molecule has 1 aliphatic rings. The number of benzene rings is 1. The Bertz CT molecular complexity index is 488. The normalized spacial score (nSPS) is 25.1. The lowest BCUT2D eigenvalue weighted by Crippen LogP contribution is -2.43. The molecular formula is C16H21NO4. The third-order valence-corrected chi connectivity index (χ3v) is 4.03. The van der Waals surface area contributed by atoms with E-state index in [1.165, 1.54) is 0 Å². The predicted octanol–water partition coefficient (Wildman–Crippen LogP) is 2.80. The number of aliphatic carboxylic acids is 1. The van der Waals surface area contributed by atoms with Crippen LogP contribution in [0.1, 0.15) is 31.7 Å². The van der Waals surface area contributed by atoms with Gasteiger partial charge in [-0.1, -0.05) is 37.3 Å². The third-order valence-electron chi connectivity index (χ3n) is 4.03. The Labute approximate surface area is 124 Å². The molecule has 114 valence electrons. The first kappa shape index (κ1) is 15.4. The van der Waals surface area contributed by atoms with E-state index in [1.54, 1.807) is 0 Å². The van der Waals surface area contributed by atoms with Gasteiger partial charge in [0.05, 0.1) is 5.92 Å². The van der Waals surface area contributed by atoms with Gasteiger partial charge in [0.1, 0.15) is 6.61 Å². The highest BCUT2D eigenvalue weighted by molar-refractivity contribution is 5.70. The van der Waals surface area contributed by atoms with E-state index in [9.17, 15) is 9.59 Å². The Kier molecular flexibility index (Phi) is 5.20. The predicted molar refractivity (Wildman–Crippen MR) is 77.7 cm³/mol. The monoisotopic (exact) mass is 291 g/mol. The average molecular weight is 291 g/mol. The average Bonchev–Trinajstić information content (AvgIpc) is 2.48. The van der Waals surface area contributed by atoms with Crippen molar-refractivity contribution in [2.45, 2.75) is 38.8 Å². The van der Waals surface area contributed by atoms with Gasteiger partial charge in [0.15, 0.2) is 0 Å². The van der Waals surface area contributed by atoms with Gasteiger partial charge in [0.25, 0.3) is 0 Å². The summed E-state index contributed by atoms with van der Waals surface area (Å²) in [5.74, 6) is -0.894. The minimum absolute atomic E-state index is 0.0103. The Morgan fingerprint density at radius 1 is 1.29 bits per heavy atom. The van der Waals surface area contributed by atoms with E-state index in [0.29, 0.717) is 19.3 Å². The smallest absolute Gasteiger partial charge is 0.407 e. The molecule has 0 aromatic heterocycles. The molecule has 1 aromatic rings. The van der Waals surface area contributed by atoms with Crippen molar-refractivity contribution >= 4 is 12.1 Å². The molecule has 1 amide bonds. The standard InChI is InChI=1S/C16H21NO4/c1-11-9-13(15(18)19)7-8-14(11)17-16(20)21-10-12-5-3-2-4-6-12/h2-6,11,13-14H,7-10H2,1H3,(H,17,20)(H,18,19)/t11-,13+,14+/m1/s1. The van der Waals surface area contributed by atoms with E-state index in [0.717, 1.165) is 5.56 Å². The zero-order valence-electron chi connectivity index (χ0n) is 12.1. The van der Waals surface area contributed by atoms with Crippen LogP contribution in [0.2, 0.25) is 0 Å². The van der Waals surface area contributed by atoms with Gasteiger partial charge in [-0.3, -0.25) is 4.79 Å². The highest BCUT2D eigenvalue weighted by atomic mass is 16.5. The third kappa shape index (κ3) is 4.48. The molecule has 3 atom stereocenters. The SMILES string of the molecule is C[C@@H]1C[C@@H](C(=O)O)CC[C@@H]1NC(=O)OCc1ccccc1. The first-order valence-electron chi connectivity index (χ1n) is 7.26. The number of nitrogens with one attached hydrogen (secondary N) is 1. The van der Waals surface area contributed by atoms with Gasteiger partial charge in [-0.15, -0.1) is 0 Å². The van der Waals surface area contributed by atoms with Crippen molar-refractivity contribution < 1.29 is 19.4 Å². The van der Waals surface area contributed by atoms with Crippen LogP contribution >= 0.6 is 0 Å². The Morgan fingerprint density at radius 2 is 2.00 bits per heavy atom. The summed E-state index contributed by atoms with van der Waals surface area (Å²) in [6, 6.07) is 9.48. The number of rotatable bonds is 4. The minimum atomic E-state index is -0.744. The Balaban J connectivity index is 1.77. The lowest BCUT2D eigenvalue weighted by molar-refractivity contribution is -0.143. The van der Waals surface area contributed by atoms with Crippen LogP contribution in [0.3, 0.4) is 0 Å². The van der Waals surface area contributed by atoms with Crippen LogP contribution in [0.4, 0.5) is 4.79 Å². The number of ether oxygens (including phenoxy) is 1. The molecule has 2 N–H and O–H groups in total. The van der Waals surface area contributed by atoms with E-state index < -0.39 is 12.1 Å². The van der Waals surface area contributed by atoms with Gasteiger partial charge < -0.3 is 15.2 Å². The van der Waals surface area contributed by atoms with Gasteiger partial charge >= 0.3 is 12.1 Å². The zero-order valence-corrected chi connectivity index (χ0v) is 12.1. The molecule has 1 aliphatic carbocycles. The van der Waals surface area contributed by atoms with E-state index in [2.05, 4.69) is 5.32 Å². The highest BCUT2D eigenvalue weighted by Crippen LogP contribution is 2.29. The largest absolute Gasteiger partial charge is 0.481 e. The molecule has 0 spiro atoms. The van der Waals surface area contributed by atoms with Crippen LogP contribution in [0, 0.1) is 11.8 Å². The number of alkyl carbamates (subject to hydrolysis) is 1. The number of carbonyl (C=O) groups is 2. The van der Waals surface area contributed by atoms with E-state index >= 15 is 0 Å². The van der Waals surface area contributed by atoms with E-state index in [4.69, 9.17) is 9.84 Å². The molecule has 1 aromatic carbocycles. The topological polar surface area (TPSA) is 75.6 Å². The van der Waals surface area contributed by atoms with Crippen molar-refractivity contribution in [2.75, 3.05) is 0 Å². The molecule has 1 saturated carbocycles. The minimum Gasteiger partial charge on any atom is -0.481 e. The fraction of sp³-hybridized carbons (Fsp3) is 0.500. The van der Waals surface area contributed by atoms with Crippen LogP contribution in [0.25, 0.3) is 0 Å². The fourth-order valence-corrected chi connectivity index (χ4v) is 2.75. The summed E-state index contributed by atoms with van der Waals surface area (Å²) in [6.45, 7) is 2.21. The van der Waals surface area contributed by atoms with Gasteiger partial charge in [-0.05, 0) is 30.7 Å². The van der Waals surface area contributed by atoms with E-state index in [1.807, 2.05) is 37.3 Å². The Morgan fingerprint density at radius 3 is 2.62 bits per heavy atom. The molecule has 21 heavy (non-hydrogen) atoms. The molecule has 0 radical (unpaired) electrons. The number of amides is 1. The molecule has 0 bridgehead atoms. The lowest BCUT2D eigenvalue weighted by Gasteiger charge is -2.32. The number of carbonyl (C=O) groups excluding carboxylic acids is 1. The maximum atomic E-state index is 11.8. The molecule has 1 fully saturated rings. The summed E-state index contributed by atoms with van der Waals surface area (Å²) in [4.78, 5) is 22.8. The quantitative estimate of drug-likeness (QED) is 0.894. The molecular weight excluding hydrogens is 270 g/mol. The van der Waals surface area contributed by atoms with Crippen LogP contribution in [0.5, 0.6) is 0 Å². The van der Waals surface area contributed by atoms with Crippen LogP contribution in [-0.2, 0) is 16.1 Å². The molecule has 5 heteroatoms. The van der Waals surface area contributed by atoms with Gasteiger partial charge in [0.2, 0.25) is 0 Å². The zero-order chi connectivity index (χ0) is 15.2. The molecule has 0 heterocycles. The van der Waals surface area contributed by atoms with Crippen molar-refractivity contribution in [1.82, 2.24) is 5.32 Å². The highest BCUT2D eigenvalue weighted by Gasteiger charge is 2.32. The number of hydrogen-bond acceptors (Lipinski definition) is 3. The lowest BCUT2D eigenvalue weighted by atomic mass is 9.79. The van der Waals surface area contributed by atoms with Crippen molar-refractivity contribution in [2.24, 2.45) is 11.8 Å². The first-order chi connectivity index (χ1) is 10.1. The maximum absolute atomic E-state index is 11.8. The second-order valence-electron chi connectivity index (χ2n) is 5.64. The molecule has 0 aliphatic heterocycles. The fourth-order valence-electron chi connectivity index (χ4n) is 2.75. The maximum Gasteiger partial charge on any atom is 0.407 e. The van der Waals surface area contributed by atoms with Crippen LogP contribution < -0.4 is 5.32 Å².